The average Bonchev–Trinajstić information content (AvgIpc) is 2.29. The van der Waals surface area contributed by atoms with E-state index in [0.717, 1.165) is 17.8 Å². The minimum atomic E-state index is -0.753. The van der Waals surface area contributed by atoms with Crippen LogP contribution in [0.15, 0.2) is 6.33 Å². The monoisotopic (exact) mass is 261 g/mol. The molecule has 1 unspecified atom stereocenters. The van der Waals surface area contributed by atoms with Crippen LogP contribution in [0.2, 0.25) is 5.15 Å². The minimum Gasteiger partial charge on any atom is -0.369 e. The molecule has 1 N–H and O–H groups in total. The Labute approximate surface area is 103 Å². The molecule has 1 heterocycles. The maximum absolute atomic E-state index is 11.2. The Bertz CT molecular complexity index is 373. The van der Waals surface area contributed by atoms with Gasteiger partial charge in [-0.2, -0.15) is 0 Å². The first-order chi connectivity index (χ1) is 7.69. The Morgan fingerprint density at radius 3 is 2.81 bits per heavy atom. The molecule has 0 aliphatic heterocycles. The smallest absolute Gasteiger partial charge is 0.137 e. The fraction of sp³-hybridized carbons (Fsp3) is 0.600. The number of halogens is 1. The van der Waals surface area contributed by atoms with Gasteiger partial charge >= 0.3 is 0 Å². The first-order valence-electron chi connectivity index (χ1n) is 5.27. The third-order valence-electron chi connectivity index (χ3n) is 2.19. The van der Waals surface area contributed by atoms with Crippen LogP contribution >= 0.6 is 11.6 Å². The topological polar surface area (TPSA) is 54.9 Å². The van der Waals surface area contributed by atoms with Crippen LogP contribution in [0.5, 0.6) is 0 Å². The zero-order chi connectivity index (χ0) is 12.0. The summed E-state index contributed by atoms with van der Waals surface area (Å²) in [6.07, 6.45) is 2.21. The Kier molecular flexibility index (Phi) is 5.69. The van der Waals surface area contributed by atoms with Crippen LogP contribution in [0, 0.1) is 0 Å². The van der Waals surface area contributed by atoms with Gasteiger partial charge in [0.25, 0.3) is 0 Å². The molecule has 6 heteroatoms. The van der Waals surface area contributed by atoms with E-state index in [4.69, 9.17) is 11.6 Å². The molecule has 1 rings (SSSR count). The van der Waals surface area contributed by atoms with Gasteiger partial charge in [-0.15, -0.1) is 0 Å². The second kappa shape index (κ2) is 6.81. The summed E-state index contributed by atoms with van der Waals surface area (Å²) in [4.78, 5) is 8.05. The van der Waals surface area contributed by atoms with Gasteiger partial charge in [0.05, 0.1) is 0 Å². The highest BCUT2D eigenvalue weighted by Crippen LogP contribution is 2.19. The first-order valence-corrected chi connectivity index (χ1v) is 7.13. The Morgan fingerprint density at radius 2 is 2.19 bits per heavy atom. The number of hydrogen-bond donors (Lipinski definition) is 1. The number of aromatic nitrogens is 2. The van der Waals surface area contributed by atoms with Gasteiger partial charge in [-0.25, -0.2) is 9.97 Å². The molecule has 4 nitrogen and oxygen atoms in total. The van der Waals surface area contributed by atoms with Crippen LogP contribution in [-0.4, -0.2) is 32.2 Å². The molecule has 0 bridgehead atoms. The summed E-state index contributed by atoms with van der Waals surface area (Å²) in [6, 6.07) is 0. The number of rotatable bonds is 6. The molecule has 0 saturated carbocycles. The highest BCUT2D eigenvalue weighted by molar-refractivity contribution is 7.84. The summed E-state index contributed by atoms with van der Waals surface area (Å²) < 4.78 is 11.2. The second-order valence-electron chi connectivity index (χ2n) is 3.20. The molecule has 0 radical (unpaired) electrons. The summed E-state index contributed by atoms with van der Waals surface area (Å²) >= 11 is 5.95. The van der Waals surface area contributed by atoms with Crippen LogP contribution in [0.25, 0.3) is 0 Å². The van der Waals surface area contributed by atoms with Gasteiger partial charge in [-0.1, -0.05) is 25.4 Å². The lowest BCUT2D eigenvalue weighted by molar-refractivity contribution is 0.684. The predicted octanol–water partition coefficient (Wildman–Crippen LogP) is 1.87. The van der Waals surface area contributed by atoms with Crippen molar-refractivity contribution in [3.05, 3.63) is 17.0 Å². The number of hydrogen-bond acceptors (Lipinski definition) is 4. The van der Waals surface area contributed by atoms with Gasteiger partial charge in [-0.3, -0.25) is 4.21 Å². The van der Waals surface area contributed by atoms with Gasteiger partial charge in [0.2, 0.25) is 0 Å². The van der Waals surface area contributed by atoms with Crippen molar-refractivity contribution in [1.29, 1.82) is 0 Å². The lowest BCUT2D eigenvalue weighted by Crippen LogP contribution is -2.14. The Morgan fingerprint density at radius 1 is 1.44 bits per heavy atom. The Hall–Kier alpha value is -0.680. The van der Waals surface area contributed by atoms with Crippen molar-refractivity contribution < 1.29 is 4.21 Å². The molecule has 0 saturated heterocycles. The van der Waals surface area contributed by atoms with Crippen LogP contribution in [-0.2, 0) is 17.2 Å². The molecule has 0 aliphatic carbocycles. The zero-order valence-corrected chi connectivity index (χ0v) is 11.1. The summed E-state index contributed by atoms with van der Waals surface area (Å²) in [7, 11) is -0.753. The van der Waals surface area contributed by atoms with Crippen molar-refractivity contribution in [2.45, 2.75) is 20.3 Å². The quantitative estimate of drug-likeness (QED) is 0.795. The largest absolute Gasteiger partial charge is 0.369 e. The highest BCUT2D eigenvalue weighted by atomic mass is 35.5. The van der Waals surface area contributed by atoms with Gasteiger partial charge in [-0.05, 0) is 6.42 Å². The third-order valence-corrected chi connectivity index (χ3v) is 3.82. The summed E-state index contributed by atoms with van der Waals surface area (Å²) in [6.45, 7) is 4.55. The van der Waals surface area contributed by atoms with E-state index >= 15 is 0 Å². The van der Waals surface area contributed by atoms with E-state index < -0.39 is 10.8 Å². The van der Waals surface area contributed by atoms with Crippen molar-refractivity contribution in [2.24, 2.45) is 0 Å². The maximum atomic E-state index is 11.2. The molecular weight excluding hydrogens is 246 g/mol. The molecule has 1 aromatic rings. The van der Waals surface area contributed by atoms with Crippen molar-refractivity contribution in [2.75, 3.05) is 23.4 Å². The average molecular weight is 262 g/mol. The van der Waals surface area contributed by atoms with Crippen molar-refractivity contribution >= 4 is 28.2 Å². The minimum absolute atomic E-state index is 0.483. The normalized spacial score (nSPS) is 12.4. The van der Waals surface area contributed by atoms with Crippen molar-refractivity contribution in [3.8, 4) is 0 Å². The number of anilines is 1. The second-order valence-corrected chi connectivity index (χ2v) is 5.43. The molecule has 16 heavy (non-hydrogen) atoms. The van der Waals surface area contributed by atoms with E-state index in [0.29, 0.717) is 23.2 Å². The Balaban J connectivity index is 2.60. The highest BCUT2D eigenvalue weighted by Gasteiger charge is 2.07. The van der Waals surface area contributed by atoms with E-state index in [1.807, 2.05) is 13.8 Å². The third kappa shape index (κ3) is 3.72. The molecule has 90 valence electrons. The van der Waals surface area contributed by atoms with Gasteiger partial charge < -0.3 is 5.32 Å². The molecule has 0 spiro atoms. The van der Waals surface area contributed by atoms with Crippen molar-refractivity contribution in [3.63, 3.8) is 0 Å². The SMILES string of the molecule is CCc1c(Cl)ncnc1NCCS(=O)CC. The fourth-order valence-electron chi connectivity index (χ4n) is 1.28. The molecular formula is C10H16ClN3OS. The van der Waals surface area contributed by atoms with Gasteiger partial charge in [0.1, 0.15) is 17.3 Å². The van der Waals surface area contributed by atoms with Crippen LogP contribution in [0.1, 0.15) is 19.4 Å². The molecule has 0 fully saturated rings. The van der Waals surface area contributed by atoms with Gasteiger partial charge in [0.15, 0.2) is 0 Å². The van der Waals surface area contributed by atoms with Crippen molar-refractivity contribution in [1.82, 2.24) is 9.97 Å². The number of nitrogens with one attached hydrogen (secondary N) is 1. The lowest BCUT2D eigenvalue weighted by Gasteiger charge is -2.09. The number of nitrogens with zero attached hydrogens (tertiary/aromatic N) is 2. The van der Waals surface area contributed by atoms with Crippen LogP contribution in [0.3, 0.4) is 0 Å². The lowest BCUT2D eigenvalue weighted by atomic mass is 10.2. The van der Waals surface area contributed by atoms with Gasteiger partial charge in [0, 0.05) is 34.4 Å². The van der Waals surface area contributed by atoms with E-state index in [1.54, 1.807) is 0 Å². The standard InChI is InChI=1S/C10H16ClN3OS/c1-3-8-9(11)13-7-14-10(8)12-5-6-16(15)4-2/h7H,3-6H2,1-2H3,(H,12,13,14). The molecule has 0 aromatic carbocycles. The summed E-state index contributed by atoms with van der Waals surface area (Å²) in [5, 5.41) is 3.62. The fourth-order valence-corrected chi connectivity index (χ4v) is 2.17. The molecule has 0 aliphatic rings. The molecule has 1 atom stereocenters. The zero-order valence-electron chi connectivity index (χ0n) is 9.49. The van der Waals surface area contributed by atoms with Crippen LogP contribution < -0.4 is 5.32 Å². The first kappa shape index (κ1) is 13.4. The molecule has 1 aromatic heterocycles. The van der Waals surface area contributed by atoms with E-state index in [2.05, 4.69) is 15.3 Å². The molecule has 0 amide bonds. The van der Waals surface area contributed by atoms with E-state index in [9.17, 15) is 4.21 Å². The summed E-state index contributed by atoms with van der Waals surface area (Å²) in [5.41, 5.74) is 0.909. The van der Waals surface area contributed by atoms with Crippen LogP contribution in [0.4, 0.5) is 5.82 Å². The van der Waals surface area contributed by atoms with E-state index in [1.165, 1.54) is 6.33 Å². The van der Waals surface area contributed by atoms with E-state index in [-0.39, 0.29) is 0 Å². The maximum Gasteiger partial charge on any atom is 0.137 e. The summed E-state index contributed by atoms with van der Waals surface area (Å²) in [5.74, 6) is 2.06. The predicted molar refractivity (Wildman–Crippen MR) is 68.5 cm³/mol.